The molecule has 0 aliphatic rings. The van der Waals surface area contributed by atoms with Crippen molar-refractivity contribution >= 4 is 0 Å². The van der Waals surface area contributed by atoms with E-state index in [0.29, 0.717) is 0 Å². The van der Waals surface area contributed by atoms with E-state index in [9.17, 15) is 0 Å². The Hall–Kier alpha value is -2.01. The fraction of sp³-hybridized carbons (Fsp3) is 0.400. The zero-order valence-corrected chi connectivity index (χ0v) is 12.6. The van der Waals surface area contributed by atoms with Crippen molar-refractivity contribution < 1.29 is 9.47 Å². The highest BCUT2D eigenvalue weighted by Crippen LogP contribution is 2.28. The second-order valence-electron chi connectivity index (χ2n) is 5.09. The van der Waals surface area contributed by atoms with Gasteiger partial charge in [-0.25, -0.2) is 4.98 Å². The molecule has 1 heterocycles. The first-order chi connectivity index (χ1) is 9.51. The van der Waals surface area contributed by atoms with Crippen LogP contribution in [0, 0.1) is 0 Å². The molecule has 0 amide bonds. The van der Waals surface area contributed by atoms with Crippen molar-refractivity contribution in [3.05, 3.63) is 36.4 Å². The summed E-state index contributed by atoms with van der Waals surface area (Å²) < 4.78 is 12.7. The number of methoxy groups -OCH3 is 2. The standard InChI is InChI=1S/C15H21N3O2/c1-15(2,16-3)14-9-17-10-18(14)11-6-12(19-4)8-13(7-11)20-5/h6-10,16H,1-5H3. The fourth-order valence-electron chi connectivity index (χ4n) is 2.02. The van der Waals surface area contributed by atoms with Crippen LogP contribution in [-0.4, -0.2) is 30.8 Å². The van der Waals surface area contributed by atoms with E-state index in [-0.39, 0.29) is 5.54 Å². The van der Waals surface area contributed by atoms with Crippen LogP contribution in [0.5, 0.6) is 11.5 Å². The first kappa shape index (κ1) is 14.4. The molecule has 5 heteroatoms. The summed E-state index contributed by atoms with van der Waals surface area (Å²) in [4.78, 5) is 4.27. The van der Waals surface area contributed by atoms with Crippen LogP contribution in [0.4, 0.5) is 0 Å². The number of benzene rings is 1. The molecule has 0 saturated carbocycles. The van der Waals surface area contributed by atoms with Crippen molar-refractivity contribution in [2.75, 3.05) is 21.3 Å². The summed E-state index contributed by atoms with van der Waals surface area (Å²) in [5, 5.41) is 3.29. The first-order valence-electron chi connectivity index (χ1n) is 6.47. The number of hydrogen-bond donors (Lipinski definition) is 1. The van der Waals surface area contributed by atoms with Crippen LogP contribution in [0.1, 0.15) is 19.5 Å². The molecular formula is C15H21N3O2. The Morgan fingerprint density at radius 2 is 1.70 bits per heavy atom. The molecule has 2 rings (SSSR count). The summed E-state index contributed by atoms with van der Waals surface area (Å²) in [7, 11) is 5.22. The highest BCUT2D eigenvalue weighted by atomic mass is 16.5. The van der Waals surface area contributed by atoms with Gasteiger partial charge in [0.2, 0.25) is 0 Å². The van der Waals surface area contributed by atoms with Crippen LogP contribution < -0.4 is 14.8 Å². The predicted molar refractivity (Wildman–Crippen MR) is 78.8 cm³/mol. The van der Waals surface area contributed by atoms with Gasteiger partial charge in [-0.05, 0) is 20.9 Å². The second-order valence-corrected chi connectivity index (χ2v) is 5.09. The third-order valence-electron chi connectivity index (χ3n) is 3.52. The molecule has 0 bridgehead atoms. The van der Waals surface area contributed by atoms with Crippen molar-refractivity contribution in [3.8, 4) is 17.2 Å². The van der Waals surface area contributed by atoms with Crippen LogP contribution in [0.3, 0.4) is 0 Å². The van der Waals surface area contributed by atoms with Gasteiger partial charge in [0.15, 0.2) is 0 Å². The van der Waals surface area contributed by atoms with Crippen LogP contribution >= 0.6 is 0 Å². The van der Waals surface area contributed by atoms with Gasteiger partial charge in [0, 0.05) is 18.2 Å². The zero-order chi connectivity index (χ0) is 14.8. The SMILES string of the molecule is CNC(C)(C)c1cncn1-c1cc(OC)cc(OC)c1. The average Bonchev–Trinajstić information content (AvgIpc) is 2.97. The van der Waals surface area contributed by atoms with Gasteiger partial charge in [-0.1, -0.05) is 0 Å². The van der Waals surface area contributed by atoms with Gasteiger partial charge in [0.1, 0.15) is 11.5 Å². The molecule has 0 spiro atoms. The molecule has 5 nitrogen and oxygen atoms in total. The summed E-state index contributed by atoms with van der Waals surface area (Å²) in [5.74, 6) is 1.50. The van der Waals surface area contributed by atoms with Gasteiger partial charge in [-0.3, -0.25) is 0 Å². The highest BCUT2D eigenvalue weighted by Gasteiger charge is 2.23. The Labute approximate surface area is 119 Å². The highest BCUT2D eigenvalue weighted by molar-refractivity contribution is 5.47. The van der Waals surface area contributed by atoms with Crippen molar-refractivity contribution in [1.29, 1.82) is 0 Å². The van der Waals surface area contributed by atoms with Crippen LogP contribution in [0.25, 0.3) is 5.69 Å². The van der Waals surface area contributed by atoms with Gasteiger partial charge >= 0.3 is 0 Å². The van der Waals surface area contributed by atoms with Gasteiger partial charge in [-0.2, -0.15) is 0 Å². The molecular weight excluding hydrogens is 254 g/mol. The van der Waals surface area contributed by atoms with E-state index in [0.717, 1.165) is 22.9 Å². The minimum absolute atomic E-state index is 0.188. The molecule has 0 atom stereocenters. The van der Waals surface area contributed by atoms with Crippen molar-refractivity contribution in [2.45, 2.75) is 19.4 Å². The minimum atomic E-state index is -0.188. The lowest BCUT2D eigenvalue weighted by Crippen LogP contribution is -2.35. The Balaban J connectivity index is 2.55. The van der Waals surface area contributed by atoms with Gasteiger partial charge in [0.05, 0.1) is 43.7 Å². The van der Waals surface area contributed by atoms with E-state index in [1.54, 1.807) is 20.5 Å². The maximum Gasteiger partial charge on any atom is 0.124 e. The topological polar surface area (TPSA) is 48.3 Å². The monoisotopic (exact) mass is 275 g/mol. The first-order valence-corrected chi connectivity index (χ1v) is 6.47. The smallest absolute Gasteiger partial charge is 0.124 e. The summed E-state index contributed by atoms with van der Waals surface area (Å²) in [6.07, 6.45) is 3.66. The molecule has 1 aromatic carbocycles. The summed E-state index contributed by atoms with van der Waals surface area (Å²) in [5.41, 5.74) is 1.83. The molecule has 0 unspecified atom stereocenters. The molecule has 0 saturated heterocycles. The molecule has 0 aliphatic heterocycles. The van der Waals surface area contributed by atoms with E-state index in [4.69, 9.17) is 9.47 Å². The van der Waals surface area contributed by atoms with Gasteiger partial charge < -0.3 is 19.4 Å². The number of imidazole rings is 1. The third-order valence-corrected chi connectivity index (χ3v) is 3.52. The number of hydrogen-bond acceptors (Lipinski definition) is 4. The molecule has 1 N–H and O–H groups in total. The fourth-order valence-corrected chi connectivity index (χ4v) is 2.02. The van der Waals surface area contributed by atoms with Crippen molar-refractivity contribution in [2.24, 2.45) is 0 Å². The maximum absolute atomic E-state index is 5.32. The molecule has 0 fully saturated rings. The summed E-state index contributed by atoms with van der Waals surface area (Å²) in [6, 6.07) is 5.77. The lowest BCUT2D eigenvalue weighted by molar-refractivity contribution is 0.393. The maximum atomic E-state index is 5.32. The average molecular weight is 275 g/mol. The van der Waals surface area contributed by atoms with E-state index < -0.39 is 0 Å². The van der Waals surface area contributed by atoms with E-state index in [1.165, 1.54) is 0 Å². The Morgan fingerprint density at radius 3 is 2.20 bits per heavy atom. The van der Waals surface area contributed by atoms with E-state index in [2.05, 4.69) is 24.1 Å². The number of nitrogens with one attached hydrogen (secondary N) is 1. The van der Waals surface area contributed by atoms with Crippen molar-refractivity contribution in [3.63, 3.8) is 0 Å². The van der Waals surface area contributed by atoms with Gasteiger partial charge in [-0.15, -0.1) is 0 Å². The number of nitrogens with zero attached hydrogens (tertiary/aromatic N) is 2. The molecule has 2 aromatic rings. The predicted octanol–water partition coefficient (Wildman–Crippen LogP) is 2.34. The number of rotatable bonds is 5. The Bertz CT molecular complexity index is 568. The molecule has 20 heavy (non-hydrogen) atoms. The van der Waals surface area contributed by atoms with Crippen LogP contribution in [0.15, 0.2) is 30.7 Å². The third kappa shape index (κ3) is 2.63. The number of ether oxygens (including phenoxy) is 2. The number of aromatic nitrogens is 2. The Morgan fingerprint density at radius 1 is 1.10 bits per heavy atom. The normalized spacial score (nSPS) is 11.4. The molecule has 108 valence electrons. The summed E-state index contributed by atoms with van der Waals surface area (Å²) >= 11 is 0. The molecule has 0 radical (unpaired) electrons. The minimum Gasteiger partial charge on any atom is -0.497 e. The van der Waals surface area contributed by atoms with Crippen molar-refractivity contribution in [1.82, 2.24) is 14.9 Å². The molecule has 1 aromatic heterocycles. The Kier molecular flexibility index (Phi) is 3.99. The van der Waals surface area contributed by atoms with Crippen LogP contribution in [-0.2, 0) is 5.54 Å². The quantitative estimate of drug-likeness (QED) is 0.910. The lowest BCUT2D eigenvalue weighted by Gasteiger charge is -2.25. The zero-order valence-electron chi connectivity index (χ0n) is 12.6. The lowest BCUT2D eigenvalue weighted by atomic mass is 10.0. The van der Waals surface area contributed by atoms with E-state index >= 15 is 0 Å². The molecule has 0 aliphatic carbocycles. The largest absolute Gasteiger partial charge is 0.497 e. The van der Waals surface area contributed by atoms with Gasteiger partial charge in [0.25, 0.3) is 0 Å². The van der Waals surface area contributed by atoms with Crippen LogP contribution in [0.2, 0.25) is 0 Å². The summed E-state index contributed by atoms with van der Waals surface area (Å²) in [6.45, 7) is 4.22. The van der Waals surface area contributed by atoms with E-state index in [1.807, 2.05) is 36.0 Å². The second kappa shape index (κ2) is 5.54.